The molecule has 2 atom stereocenters. The van der Waals surface area contributed by atoms with E-state index in [9.17, 15) is 5.11 Å². The van der Waals surface area contributed by atoms with Crippen LogP contribution in [0.25, 0.3) is 0 Å². The maximum absolute atomic E-state index is 9.72. The van der Waals surface area contributed by atoms with Gasteiger partial charge >= 0.3 is 0 Å². The largest absolute Gasteiger partial charge is 0.381 e. The molecule has 4 aliphatic carbocycles. The second-order valence-electron chi connectivity index (χ2n) is 8.68. The molecule has 0 aromatic carbocycles. The number of hydrogen-bond acceptors (Lipinski definition) is 3. The molecular formula is C20H35BrO3. The van der Waals surface area contributed by atoms with Crippen molar-refractivity contribution in [2.24, 2.45) is 23.2 Å². The fourth-order valence-corrected chi connectivity index (χ4v) is 6.37. The Morgan fingerprint density at radius 3 is 2.25 bits per heavy atom. The van der Waals surface area contributed by atoms with Gasteiger partial charge in [-0.3, -0.25) is 0 Å². The Labute approximate surface area is 156 Å². The molecule has 0 amide bonds. The third kappa shape index (κ3) is 4.96. The lowest BCUT2D eigenvalue weighted by molar-refractivity contribution is -0.0971. The van der Waals surface area contributed by atoms with Crippen molar-refractivity contribution in [3.63, 3.8) is 0 Å². The maximum atomic E-state index is 9.72. The molecule has 3 nitrogen and oxygen atoms in total. The zero-order chi connectivity index (χ0) is 17.0. The predicted molar refractivity (Wildman–Crippen MR) is 100 cm³/mol. The highest BCUT2D eigenvalue weighted by atomic mass is 79.9. The molecule has 4 aliphatic rings. The number of ether oxygens (including phenoxy) is 2. The molecule has 0 spiro atoms. The molecule has 0 saturated heterocycles. The Morgan fingerprint density at radius 2 is 1.67 bits per heavy atom. The predicted octanol–water partition coefficient (Wildman–Crippen LogP) is 4.90. The van der Waals surface area contributed by atoms with Crippen LogP contribution in [0.2, 0.25) is 0 Å². The summed E-state index contributed by atoms with van der Waals surface area (Å²) < 4.78 is 11.3. The standard InChI is InChI=1S/C20H35BrO3/c1-2-24-19(22)18(21)6-4-3-5-7-23-14-20-11-15-8-16(12-20)10-17(9-15)13-20/h15-19,22H,2-14H2,1H3/t15?,16?,17?,18-,19?,20?/m0/s1. The lowest BCUT2D eigenvalue weighted by Crippen LogP contribution is -2.48. The maximum Gasteiger partial charge on any atom is 0.167 e. The monoisotopic (exact) mass is 402 g/mol. The first-order valence-corrected chi connectivity index (χ1v) is 11.0. The highest BCUT2D eigenvalue weighted by Gasteiger charge is 2.50. The van der Waals surface area contributed by atoms with Gasteiger partial charge in [0.2, 0.25) is 0 Å². The molecule has 140 valence electrons. The number of aliphatic hydroxyl groups excluding tert-OH is 1. The van der Waals surface area contributed by atoms with Gasteiger partial charge in [-0.05, 0) is 81.5 Å². The van der Waals surface area contributed by atoms with Gasteiger partial charge in [0.25, 0.3) is 0 Å². The van der Waals surface area contributed by atoms with Crippen LogP contribution in [0.15, 0.2) is 0 Å². The van der Waals surface area contributed by atoms with E-state index < -0.39 is 6.29 Å². The molecule has 4 saturated carbocycles. The van der Waals surface area contributed by atoms with Gasteiger partial charge in [-0.2, -0.15) is 0 Å². The highest BCUT2D eigenvalue weighted by Crippen LogP contribution is 2.60. The van der Waals surface area contributed by atoms with E-state index in [4.69, 9.17) is 9.47 Å². The molecule has 0 aliphatic heterocycles. The van der Waals surface area contributed by atoms with Gasteiger partial charge in [-0.1, -0.05) is 28.8 Å². The van der Waals surface area contributed by atoms with Gasteiger partial charge in [0.1, 0.15) is 0 Å². The Bertz CT molecular complexity index is 352. The minimum absolute atomic E-state index is 0.0467. The average molecular weight is 403 g/mol. The van der Waals surface area contributed by atoms with Crippen LogP contribution in [0.3, 0.4) is 0 Å². The van der Waals surface area contributed by atoms with Crippen molar-refractivity contribution in [2.75, 3.05) is 19.8 Å². The molecule has 24 heavy (non-hydrogen) atoms. The van der Waals surface area contributed by atoms with E-state index in [0.717, 1.165) is 50.2 Å². The van der Waals surface area contributed by atoms with Gasteiger partial charge in [-0.25, -0.2) is 0 Å². The van der Waals surface area contributed by atoms with Crippen molar-refractivity contribution >= 4 is 15.9 Å². The zero-order valence-electron chi connectivity index (χ0n) is 15.2. The zero-order valence-corrected chi connectivity index (χ0v) is 16.8. The topological polar surface area (TPSA) is 38.7 Å². The lowest BCUT2D eigenvalue weighted by Gasteiger charge is -2.56. The third-order valence-corrected chi connectivity index (χ3v) is 7.40. The number of aliphatic hydroxyl groups is 1. The van der Waals surface area contributed by atoms with Crippen LogP contribution in [-0.2, 0) is 9.47 Å². The second kappa shape index (κ2) is 8.83. The summed E-state index contributed by atoms with van der Waals surface area (Å²) in [5.41, 5.74) is 0.553. The second-order valence-corrected chi connectivity index (χ2v) is 9.86. The molecule has 0 aromatic rings. The Balaban J connectivity index is 1.24. The third-order valence-electron chi connectivity index (χ3n) is 6.49. The van der Waals surface area contributed by atoms with E-state index in [1.807, 2.05) is 6.92 Å². The minimum atomic E-state index is -0.678. The van der Waals surface area contributed by atoms with Crippen molar-refractivity contribution < 1.29 is 14.6 Å². The van der Waals surface area contributed by atoms with E-state index in [1.54, 1.807) is 0 Å². The summed E-state index contributed by atoms with van der Waals surface area (Å²) in [7, 11) is 0. The van der Waals surface area contributed by atoms with Gasteiger partial charge < -0.3 is 14.6 Å². The molecule has 4 rings (SSSR count). The van der Waals surface area contributed by atoms with E-state index in [2.05, 4.69) is 15.9 Å². The summed E-state index contributed by atoms with van der Waals surface area (Å²) in [4.78, 5) is 0.0467. The summed E-state index contributed by atoms with van der Waals surface area (Å²) in [5, 5.41) is 9.72. The minimum Gasteiger partial charge on any atom is -0.381 e. The first-order chi connectivity index (χ1) is 11.6. The Hall–Kier alpha value is 0.360. The smallest absolute Gasteiger partial charge is 0.167 e. The van der Waals surface area contributed by atoms with E-state index in [0.29, 0.717) is 12.0 Å². The molecule has 0 radical (unpaired) electrons. The molecular weight excluding hydrogens is 368 g/mol. The summed E-state index contributed by atoms with van der Waals surface area (Å²) in [6, 6.07) is 0. The van der Waals surface area contributed by atoms with Crippen LogP contribution in [-0.4, -0.2) is 36.0 Å². The first-order valence-electron chi connectivity index (χ1n) is 10.1. The average Bonchev–Trinajstić information content (AvgIpc) is 2.52. The van der Waals surface area contributed by atoms with Crippen molar-refractivity contribution in [3.05, 3.63) is 0 Å². The normalized spacial score (nSPS) is 36.9. The van der Waals surface area contributed by atoms with Crippen LogP contribution in [0.1, 0.15) is 71.1 Å². The van der Waals surface area contributed by atoms with E-state index >= 15 is 0 Å². The summed E-state index contributed by atoms with van der Waals surface area (Å²) in [5.74, 6) is 3.06. The molecule has 0 aromatic heterocycles. The van der Waals surface area contributed by atoms with Gasteiger partial charge in [-0.15, -0.1) is 0 Å². The van der Waals surface area contributed by atoms with Crippen molar-refractivity contribution in [3.8, 4) is 0 Å². The Morgan fingerprint density at radius 1 is 1.04 bits per heavy atom. The highest BCUT2D eigenvalue weighted by molar-refractivity contribution is 9.09. The van der Waals surface area contributed by atoms with Crippen molar-refractivity contribution in [1.29, 1.82) is 0 Å². The van der Waals surface area contributed by atoms with E-state index in [1.165, 1.54) is 44.9 Å². The Kier molecular flexibility index (Phi) is 7.04. The lowest BCUT2D eigenvalue weighted by atomic mass is 9.50. The van der Waals surface area contributed by atoms with Gasteiger partial charge in [0.05, 0.1) is 11.4 Å². The molecule has 4 bridgehead atoms. The number of unbranched alkanes of at least 4 members (excludes halogenated alkanes) is 2. The molecule has 4 heteroatoms. The molecule has 1 unspecified atom stereocenters. The van der Waals surface area contributed by atoms with Crippen LogP contribution in [0.4, 0.5) is 0 Å². The van der Waals surface area contributed by atoms with Crippen LogP contribution in [0.5, 0.6) is 0 Å². The number of rotatable bonds is 11. The SMILES string of the molecule is CCOC(O)[C@@H](Br)CCCCCOCC12CC3CC(CC(C3)C1)C2. The van der Waals surface area contributed by atoms with Gasteiger partial charge in [0.15, 0.2) is 6.29 Å². The van der Waals surface area contributed by atoms with Crippen molar-refractivity contribution in [1.82, 2.24) is 0 Å². The quantitative estimate of drug-likeness (QED) is 0.303. The summed E-state index contributed by atoms with van der Waals surface area (Å²) in [6.07, 6.45) is 12.6. The fraction of sp³-hybridized carbons (Fsp3) is 1.00. The molecule has 1 N–H and O–H groups in total. The van der Waals surface area contributed by atoms with Crippen LogP contribution in [0, 0.1) is 23.2 Å². The van der Waals surface area contributed by atoms with Gasteiger partial charge in [0, 0.05) is 13.2 Å². The summed E-state index contributed by atoms with van der Waals surface area (Å²) >= 11 is 3.51. The molecule has 0 heterocycles. The fourth-order valence-electron chi connectivity index (χ4n) is 5.89. The number of halogens is 1. The molecule has 4 fully saturated rings. The van der Waals surface area contributed by atoms with Crippen molar-refractivity contribution in [2.45, 2.75) is 82.2 Å². The summed E-state index contributed by atoms with van der Waals surface area (Å²) in [6.45, 7) is 4.38. The van der Waals surface area contributed by atoms with Crippen LogP contribution < -0.4 is 0 Å². The first kappa shape index (κ1) is 19.1. The van der Waals surface area contributed by atoms with Crippen LogP contribution >= 0.6 is 15.9 Å². The number of alkyl halides is 1. The number of hydrogen-bond donors (Lipinski definition) is 1. The van der Waals surface area contributed by atoms with E-state index in [-0.39, 0.29) is 4.83 Å².